The molecule has 0 aliphatic carbocycles. The number of aliphatic hydroxyl groups is 1. The highest BCUT2D eigenvalue weighted by Crippen LogP contribution is 2.29. The number of hydrogen-bond acceptors (Lipinski definition) is 2. The maximum atomic E-state index is 10.6. The van der Waals surface area contributed by atoms with Crippen LogP contribution in [0, 0.1) is 0 Å². The van der Waals surface area contributed by atoms with E-state index in [1.165, 1.54) is 0 Å². The van der Waals surface area contributed by atoms with Crippen LogP contribution in [0.2, 0.25) is 5.02 Å². The van der Waals surface area contributed by atoms with Crippen LogP contribution in [0.5, 0.6) is 0 Å². The molecule has 18 heavy (non-hydrogen) atoms. The topological polar surface area (TPSA) is 33.1 Å². The lowest BCUT2D eigenvalue weighted by molar-refractivity contribution is 0.0576. The normalized spacial score (nSPS) is 14.2. The monoisotopic (exact) mass is 325 g/mol. The number of halogens is 2. The summed E-state index contributed by atoms with van der Waals surface area (Å²) in [5, 5.41) is 11.2. The van der Waals surface area contributed by atoms with Gasteiger partial charge >= 0.3 is 0 Å². The number of aromatic nitrogens is 1. The maximum absolute atomic E-state index is 10.6. The molecule has 0 aliphatic rings. The van der Waals surface area contributed by atoms with Gasteiger partial charge in [-0.3, -0.25) is 4.98 Å². The predicted octanol–water partition coefficient (Wildman–Crippen LogP) is 3.95. The second kappa shape index (κ2) is 5.39. The van der Waals surface area contributed by atoms with Gasteiger partial charge in [-0.1, -0.05) is 39.7 Å². The van der Waals surface area contributed by atoms with Crippen molar-refractivity contribution in [3.8, 4) is 0 Å². The molecule has 2 aromatic rings. The Hall–Kier alpha value is -0.900. The molecule has 0 bridgehead atoms. The minimum Gasteiger partial charge on any atom is -0.385 e. The Balaban J connectivity index is 2.30. The zero-order valence-electron chi connectivity index (χ0n) is 9.90. The average molecular weight is 327 g/mol. The molecule has 1 unspecified atom stereocenters. The van der Waals surface area contributed by atoms with Gasteiger partial charge in [-0.05, 0) is 36.2 Å². The van der Waals surface area contributed by atoms with Crippen molar-refractivity contribution in [1.82, 2.24) is 4.98 Å². The van der Waals surface area contributed by atoms with Crippen molar-refractivity contribution in [2.24, 2.45) is 0 Å². The van der Waals surface area contributed by atoms with E-state index in [1.807, 2.05) is 30.3 Å². The highest BCUT2D eigenvalue weighted by molar-refractivity contribution is 9.10. The number of nitrogens with zero attached hydrogens (tertiary/aromatic N) is 1. The molecule has 1 aromatic heterocycles. The highest BCUT2D eigenvalue weighted by Gasteiger charge is 2.24. The zero-order valence-corrected chi connectivity index (χ0v) is 12.2. The van der Waals surface area contributed by atoms with Gasteiger partial charge in [0.2, 0.25) is 0 Å². The molecule has 0 amide bonds. The van der Waals surface area contributed by atoms with Crippen LogP contribution in [0.25, 0.3) is 0 Å². The van der Waals surface area contributed by atoms with Gasteiger partial charge in [0.1, 0.15) is 0 Å². The molecule has 4 heteroatoms. The van der Waals surface area contributed by atoms with E-state index < -0.39 is 5.60 Å². The Bertz CT molecular complexity index is 557. The summed E-state index contributed by atoms with van der Waals surface area (Å²) >= 11 is 9.47. The third kappa shape index (κ3) is 3.10. The standard InChI is InChI=1S/C14H13BrClNO/c1-14(18,11-3-2-4-12(15)7-11)8-10-5-6-17-9-13(10)16/h2-7,9,18H,8H2,1H3. The van der Waals surface area contributed by atoms with Crippen LogP contribution < -0.4 is 0 Å². The summed E-state index contributed by atoms with van der Waals surface area (Å²) in [4.78, 5) is 3.94. The number of benzene rings is 1. The number of hydrogen-bond donors (Lipinski definition) is 1. The SMILES string of the molecule is CC(O)(Cc1ccncc1Cl)c1cccc(Br)c1. The predicted molar refractivity (Wildman–Crippen MR) is 76.7 cm³/mol. The van der Waals surface area contributed by atoms with Gasteiger partial charge in [0.15, 0.2) is 0 Å². The first-order valence-corrected chi connectivity index (χ1v) is 6.73. The Kier molecular flexibility index (Phi) is 4.05. The summed E-state index contributed by atoms with van der Waals surface area (Å²) in [6, 6.07) is 9.48. The lowest BCUT2D eigenvalue weighted by Gasteiger charge is -2.24. The smallest absolute Gasteiger partial charge is 0.0909 e. The van der Waals surface area contributed by atoms with E-state index in [0.717, 1.165) is 15.6 Å². The molecule has 0 saturated heterocycles. The van der Waals surface area contributed by atoms with Gasteiger partial charge < -0.3 is 5.11 Å². The molecule has 1 atom stereocenters. The van der Waals surface area contributed by atoms with E-state index in [9.17, 15) is 5.11 Å². The van der Waals surface area contributed by atoms with Crippen molar-refractivity contribution >= 4 is 27.5 Å². The van der Waals surface area contributed by atoms with E-state index in [0.29, 0.717) is 11.4 Å². The molecule has 1 heterocycles. The molecule has 94 valence electrons. The largest absolute Gasteiger partial charge is 0.385 e. The fourth-order valence-electron chi connectivity index (χ4n) is 1.84. The maximum Gasteiger partial charge on any atom is 0.0909 e. The minimum atomic E-state index is -0.964. The molecule has 2 rings (SSSR count). The van der Waals surface area contributed by atoms with Crippen molar-refractivity contribution in [3.05, 3.63) is 63.3 Å². The van der Waals surface area contributed by atoms with Crippen LogP contribution in [-0.2, 0) is 12.0 Å². The molecule has 1 N–H and O–H groups in total. The molecule has 0 saturated carbocycles. The first-order valence-electron chi connectivity index (χ1n) is 5.56. The Morgan fingerprint density at radius 1 is 1.39 bits per heavy atom. The van der Waals surface area contributed by atoms with Crippen molar-refractivity contribution in [2.75, 3.05) is 0 Å². The van der Waals surface area contributed by atoms with Crippen LogP contribution in [0.15, 0.2) is 47.2 Å². The van der Waals surface area contributed by atoms with Crippen LogP contribution in [0.3, 0.4) is 0 Å². The van der Waals surface area contributed by atoms with Gasteiger partial charge in [0, 0.05) is 23.3 Å². The minimum absolute atomic E-state index is 0.449. The molecule has 2 nitrogen and oxygen atoms in total. The van der Waals surface area contributed by atoms with E-state index >= 15 is 0 Å². The fourth-order valence-corrected chi connectivity index (χ4v) is 2.43. The fraction of sp³-hybridized carbons (Fsp3) is 0.214. The van der Waals surface area contributed by atoms with Crippen molar-refractivity contribution in [1.29, 1.82) is 0 Å². The van der Waals surface area contributed by atoms with Crippen molar-refractivity contribution in [3.63, 3.8) is 0 Å². The lowest BCUT2D eigenvalue weighted by atomic mass is 9.89. The van der Waals surface area contributed by atoms with Gasteiger partial charge in [0.25, 0.3) is 0 Å². The Morgan fingerprint density at radius 2 is 2.17 bits per heavy atom. The summed E-state index contributed by atoms with van der Waals surface area (Å²) in [6.07, 6.45) is 3.72. The van der Waals surface area contributed by atoms with Crippen LogP contribution in [0.1, 0.15) is 18.1 Å². The molecular formula is C14H13BrClNO. The number of pyridine rings is 1. The van der Waals surface area contributed by atoms with Crippen LogP contribution in [0.4, 0.5) is 0 Å². The van der Waals surface area contributed by atoms with Gasteiger partial charge in [0.05, 0.1) is 10.6 Å². The van der Waals surface area contributed by atoms with Crippen LogP contribution >= 0.6 is 27.5 Å². The molecule has 1 aromatic carbocycles. The Morgan fingerprint density at radius 3 is 2.83 bits per heavy atom. The second-order valence-electron chi connectivity index (χ2n) is 4.43. The van der Waals surface area contributed by atoms with Crippen molar-refractivity contribution < 1.29 is 5.11 Å². The third-order valence-electron chi connectivity index (χ3n) is 2.84. The quantitative estimate of drug-likeness (QED) is 0.926. The molecule has 0 spiro atoms. The summed E-state index contributed by atoms with van der Waals surface area (Å²) in [6.45, 7) is 1.78. The third-order valence-corrected chi connectivity index (χ3v) is 3.67. The molecule has 0 fully saturated rings. The highest BCUT2D eigenvalue weighted by atomic mass is 79.9. The van der Waals surface area contributed by atoms with Gasteiger partial charge in [-0.15, -0.1) is 0 Å². The summed E-state index contributed by atoms with van der Waals surface area (Å²) < 4.78 is 0.945. The second-order valence-corrected chi connectivity index (χ2v) is 5.75. The van der Waals surface area contributed by atoms with Gasteiger partial charge in [-0.2, -0.15) is 0 Å². The van der Waals surface area contributed by atoms with Crippen LogP contribution in [-0.4, -0.2) is 10.1 Å². The average Bonchev–Trinajstić information content (AvgIpc) is 2.32. The van der Waals surface area contributed by atoms with E-state index in [2.05, 4.69) is 20.9 Å². The summed E-state index contributed by atoms with van der Waals surface area (Å²) in [7, 11) is 0. The Labute approximate surface area is 120 Å². The number of rotatable bonds is 3. The van der Waals surface area contributed by atoms with E-state index in [4.69, 9.17) is 11.6 Å². The lowest BCUT2D eigenvalue weighted by Crippen LogP contribution is -2.24. The molecular weight excluding hydrogens is 314 g/mol. The van der Waals surface area contributed by atoms with E-state index in [1.54, 1.807) is 19.3 Å². The summed E-state index contributed by atoms with van der Waals surface area (Å²) in [5.41, 5.74) is 0.774. The summed E-state index contributed by atoms with van der Waals surface area (Å²) in [5.74, 6) is 0. The first kappa shape index (κ1) is 13.5. The van der Waals surface area contributed by atoms with Crippen molar-refractivity contribution in [2.45, 2.75) is 18.9 Å². The van der Waals surface area contributed by atoms with Gasteiger partial charge in [-0.25, -0.2) is 0 Å². The molecule has 0 aliphatic heterocycles. The van der Waals surface area contributed by atoms with E-state index in [-0.39, 0.29) is 0 Å². The molecule has 0 radical (unpaired) electrons. The zero-order chi connectivity index (χ0) is 13.2. The first-order chi connectivity index (χ1) is 8.49.